The lowest BCUT2D eigenvalue weighted by molar-refractivity contribution is -0.142. The number of rotatable bonds is 31. The Hall–Kier alpha value is -6.60. The van der Waals surface area contributed by atoms with Crippen molar-refractivity contribution in [3.63, 3.8) is 0 Å². The van der Waals surface area contributed by atoms with Crippen molar-refractivity contribution in [3.8, 4) is 0 Å². The van der Waals surface area contributed by atoms with Crippen LogP contribution in [0.2, 0.25) is 0 Å². The summed E-state index contributed by atoms with van der Waals surface area (Å²) in [5.74, 6) is -9.62. The summed E-state index contributed by atoms with van der Waals surface area (Å²) in [4.78, 5) is 149. The molecule has 0 radical (unpaired) electrons. The minimum absolute atomic E-state index is 0.0277. The Bertz CT molecular complexity index is 1880. The molecule has 0 aromatic rings. The van der Waals surface area contributed by atoms with Crippen LogP contribution in [0.25, 0.3) is 0 Å². The van der Waals surface area contributed by atoms with E-state index in [0.717, 1.165) is 0 Å². The normalized spacial score (nSPS) is 17.4. The molecule has 70 heavy (non-hydrogen) atoms. The molecular weight excluding hydrogens is 917 g/mol. The zero-order chi connectivity index (χ0) is 53.4. The lowest BCUT2D eigenvalue weighted by Gasteiger charge is -2.32. The highest BCUT2D eigenvalue weighted by Crippen LogP contribution is 2.21. The predicted molar refractivity (Wildman–Crippen MR) is 256 cm³/mol. The second-order valence-corrected chi connectivity index (χ2v) is 17.7. The van der Waals surface area contributed by atoms with Crippen LogP contribution in [0.1, 0.15) is 120 Å². The van der Waals surface area contributed by atoms with Gasteiger partial charge in [0.1, 0.15) is 48.3 Å². The first-order valence-electron chi connectivity index (χ1n) is 23.8. The van der Waals surface area contributed by atoms with Gasteiger partial charge in [-0.25, -0.2) is 0 Å². The van der Waals surface area contributed by atoms with Crippen LogP contribution in [-0.2, 0) is 52.7 Å². The van der Waals surface area contributed by atoms with Crippen molar-refractivity contribution in [1.29, 1.82) is 0 Å². The lowest BCUT2D eigenvalue weighted by Crippen LogP contribution is -2.63. The zero-order valence-corrected chi connectivity index (χ0v) is 41.7. The lowest BCUT2D eigenvalue weighted by atomic mass is 9.96. The van der Waals surface area contributed by atoms with Crippen LogP contribution in [0.4, 0.5) is 0 Å². The number of aliphatic hydroxyl groups is 1. The van der Waals surface area contributed by atoms with Gasteiger partial charge in [-0.1, -0.05) is 53.9 Å². The predicted octanol–water partition coefficient (Wildman–Crippen LogP) is -4.40. The molecule has 0 spiro atoms. The zero-order valence-electron chi connectivity index (χ0n) is 41.7. The van der Waals surface area contributed by atoms with E-state index in [0.29, 0.717) is 25.7 Å². The van der Waals surface area contributed by atoms with Gasteiger partial charge in [-0.05, 0) is 64.2 Å². The van der Waals surface area contributed by atoms with Crippen LogP contribution in [0.15, 0.2) is 4.99 Å². The van der Waals surface area contributed by atoms with Crippen LogP contribution in [0.3, 0.4) is 0 Å². The number of primary amides is 2. The average molecular weight is 995 g/mol. The quantitative estimate of drug-likeness (QED) is 0.0177. The number of nitrogens with one attached hydrogen (secondary N) is 8. The first-order valence-corrected chi connectivity index (χ1v) is 23.8. The summed E-state index contributed by atoms with van der Waals surface area (Å²) in [6, 6.07) is -10.1. The number of aliphatic imine (C=N–C) groups is 1. The maximum Gasteiger partial charge on any atom is 0.245 e. The Morgan fingerprint density at radius 2 is 1.17 bits per heavy atom. The van der Waals surface area contributed by atoms with Crippen molar-refractivity contribution < 1.29 is 57.8 Å². The number of aliphatic hydroxyl groups excluding tert-OH is 1. The third kappa shape index (κ3) is 21.0. The van der Waals surface area contributed by atoms with Gasteiger partial charge < -0.3 is 75.5 Å². The summed E-state index contributed by atoms with van der Waals surface area (Å²) in [5, 5.41) is 31.0. The fourth-order valence-corrected chi connectivity index (χ4v) is 7.29. The molecule has 0 saturated carbocycles. The van der Waals surface area contributed by atoms with Gasteiger partial charge in [0, 0.05) is 26.4 Å². The number of hydrogen-bond acceptors (Lipinski definition) is 13. The van der Waals surface area contributed by atoms with Gasteiger partial charge in [0.25, 0.3) is 0 Å². The highest BCUT2D eigenvalue weighted by Gasteiger charge is 2.40. The van der Waals surface area contributed by atoms with E-state index in [1.807, 2.05) is 0 Å². The molecule has 11 amide bonds. The van der Waals surface area contributed by atoms with Crippen LogP contribution in [0.5, 0.6) is 0 Å². The molecule has 1 fully saturated rings. The molecule has 11 atom stereocenters. The molecule has 396 valence electrons. The summed E-state index contributed by atoms with van der Waals surface area (Å²) in [6.45, 7) is 12.2. The van der Waals surface area contributed by atoms with E-state index in [4.69, 9.17) is 22.9 Å². The Balaban J connectivity index is 3.40. The van der Waals surface area contributed by atoms with E-state index >= 15 is 0 Å². The monoisotopic (exact) mass is 995 g/mol. The second-order valence-electron chi connectivity index (χ2n) is 17.7. The molecule has 26 heteroatoms. The van der Waals surface area contributed by atoms with E-state index in [-0.39, 0.29) is 57.6 Å². The van der Waals surface area contributed by atoms with Gasteiger partial charge >= 0.3 is 0 Å². The van der Waals surface area contributed by atoms with Gasteiger partial charge in [0.2, 0.25) is 65.0 Å². The molecule has 1 saturated heterocycles. The number of likely N-dealkylation sites (tertiary alicyclic amines) is 1. The topological polar surface area (TPSA) is 424 Å². The first kappa shape index (κ1) is 61.4. The standard InChI is InChI=1S/C44H78N14O12/c1-9-14-27(53-42(69)35(25(7)59)57-41(68)34(23(5)11-3)56-38(65)28(17-18-31(45)61)52-32(62)21-50-26(8)60)37(64)55-33(22(4)10-2)40(67)54-29(15-12-19-49-44(47)48)43(70)58-20-13-16-30(58)39(66)51-24(6)36(46)63/h22-25,27-30,33-35,59H,9-21H2,1-8H3,(H2,45,61)(H2,46,63)(H,50,60)(H,51,66)(H,52,62)(H,53,69)(H,54,67)(H,55,64)(H,56,65)(H,57,68)(H4,47,48,49)/t22-,23-,24+,25+,27-,28+,29-,30-,33-,34+,35-/m0/s1. The van der Waals surface area contributed by atoms with Crippen molar-refractivity contribution >= 4 is 70.9 Å². The molecule has 1 aliphatic heterocycles. The van der Waals surface area contributed by atoms with E-state index in [9.17, 15) is 57.8 Å². The van der Waals surface area contributed by atoms with Crippen LogP contribution >= 0.6 is 0 Å². The van der Waals surface area contributed by atoms with Crippen molar-refractivity contribution in [1.82, 2.24) is 47.4 Å². The molecule has 1 heterocycles. The molecule has 1 aliphatic rings. The van der Waals surface area contributed by atoms with Crippen molar-refractivity contribution in [3.05, 3.63) is 0 Å². The third-order valence-corrected chi connectivity index (χ3v) is 11.9. The Morgan fingerprint density at radius 3 is 1.66 bits per heavy atom. The van der Waals surface area contributed by atoms with Crippen LogP contribution in [0, 0.1) is 11.8 Å². The summed E-state index contributed by atoms with van der Waals surface area (Å²) >= 11 is 0. The largest absolute Gasteiger partial charge is 0.391 e. The summed E-state index contributed by atoms with van der Waals surface area (Å²) in [7, 11) is 0. The maximum absolute atomic E-state index is 14.2. The molecule has 0 unspecified atom stereocenters. The van der Waals surface area contributed by atoms with E-state index in [1.165, 1.54) is 25.7 Å². The SMILES string of the molecule is CCC[C@H](NC(=O)[C@@H](NC(=O)[C@H](NC(=O)[C@@H](CCC(N)=O)NC(=O)CNC(C)=O)[C@@H](C)CC)[C@@H](C)O)C(=O)N[C@H](C(=O)N[C@@H](CCCN=C(N)N)C(=O)N1CCC[C@H]1C(=O)N[C@H](C)C(N)=O)[C@@H](C)CC. The van der Waals surface area contributed by atoms with Gasteiger partial charge in [0.15, 0.2) is 5.96 Å². The minimum Gasteiger partial charge on any atom is -0.391 e. The fourth-order valence-electron chi connectivity index (χ4n) is 7.29. The number of guanidine groups is 1. The van der Waals surface area contributed by atoms with Gasteiger partial charge in [0.05, 0.1) is 12.6 Å². The fraction of sp³-hybridized carbons (Fsp3) is 0.727. The van der Waals surface area contributed by atoms with Crippen molar-refractivity contribution in [2.24, 2.45) is 39.8 Å². The molecule has 1 rings (SSSR count). The van der Waals surface area contributed by atoms with Crippen molar-refractivity contribution in [2.75, 3.05) is 19.6 Å². The van der Waals surface area contributed by atoms with Gasteiger partial charge in [-0.15, -0.1) is 0 Å². The highest BCUT2D eigenvalue weighted by molar-refractivity contribution is 5.98. The molecule has 0 aliphatic carbocycles. The molecule has 0 bridgehead atoms. The second kappa shape index (κ2) is 30.8. The molecular formula is C44H78N14O12. The van der Waals surface area contributed by atoms with Gasteiger partial charge in [-0.2, -0.15) is 0 Å². The van der Waals surface area contributed by atoms with Crippen LogP contribution < -0.4 is 65.5 Å². The maximum atomic E-state index is 14.2. The van der Waals surface area contributed by atoms with Crippen LogP contribution in [-0.4, -0.2) is 155 Å². The van der Waals surface area contributed by atoms with Gasteiger partial charge in [-0.3, -0.25) is 57.7 Å². The van der Waals surface area contributed by atoms with E-state index in [2.05, 4.69) is 47.5 Å². The van der Waals surface area contributed by atoms with E-state index < -0.39 is 138 Å². The Labute approximate surface area is 408 Å². The first-order chi connectivity index (χ1) is 32.8. The molecule has 17 N–H and O–H groups in total. The third-order valence-electron chi connectivity index (χ3n) is 11.9. The highest BCUT2D eigenvalue weighted by atomic mass is 16.3. The average Bonchev–Trinajstić information content (AvgIpc) is 3.79. The minimum atomic E-state index is -1.68. The molecule has 0 aromatic carbocycles. The van der Waals surface area contributed by atoms with E-state index in [1.54, 1.807) is 34.6 Å². The number of amides is 11. The number of carbonyl (C=O) groups is 11. The summed E-state index contributed by atoms with van der Waals surface area (Å²) in [6.07, 6.45) is -0.0336. The number of carbonyl (C=O) groups excluding carboxylic acids is 11. The number of hydrogen-bond donors (Lipinski definition) is 13. The Kier molecular flexibility index (Phi) is 27.0. The smallest absolute Gasteiger partial charge is 0.245 e. The summed E-state index contributed by atoms with van der Waals surface area (Å²) in [5.41, 5.74) is 21.6. The number of nitrogens with zero attached hydrogens (tertiary/aromatic N) is 2. The number of nitrogens with two attached hydrogens (primary N) is 4. The van der Waals surface area contributed by atoms with Crippen molar-refractivity contribution in [2.45, 2.75) is 174 Å². The summed E-state index contributed by atoms with van der Waals surface area (Å²) < 4.78 is 0. The molecule has 0 aromatic heterocycles. The molecule has 26 nitrogen and oxygen atoms in total. The Morgan fingerprint density at radius 1 is 0.657 bits per heavy atom.